The third-order valence-electron chi connectivity index (χ3n) is 7.89. The number of rotatable bonds is 23. The van der Waals surface area contributed by atoms with Gasteiger partial charge in [-0.15, -0.1) is 0 Å². The Balaban J connectivity index is 1.59. The van der Waals surface area contributed by atoms with E-state index >= 15 is 0 Å². The Morgan fingerprint density at radius 2 is 1.38 bits per heavy atom. The maximum absolute atomic E-state index is 13.0. The molecule has 55 heavy (non-hydrogen) atoms. The lowest BCUT2D eigenvalue weighted by atomic mass is 10.1. The molecule has 0 aromatic heterocycles. The number of aliphatic imine (C=N–C) groups is 1. The molecule has 0 unspecified atom stereocenters. The summed E-state index contributed by atoms with van der Waals surface area (Å²) in [4.78, 5) is 53.3. The largest absolute Gasteiger partial charge is 0.492 e. The fraction of sp³-hybridized carbons (Fsp3) is 0.595. The van der Waals surface area contributed by atoms with Crippen molar-refractivity contribution in [3.05, 3.63) is 65.7 Å². The molecule has 0 aliphatic carbocycles. The molecule has 0 spiro atoms. The van der Waals surface area contributed by atoms with Gasteiger partial charge in [0.1, 0.15) is 36.2 Å². The second kappa shape index (κ2) is 25.4. The molecule has 0 saturated carbocycles. The second-order valence-corrected chi connectivity index (χ2v) is 15.5. The first-order chi connectivity index (χ1) is 26.1. The smallest absolute Gasteiger partial charge is 0.434 e. The first kappa shape index (κ1) is 46.5. The van der Waals surface area contributed by atoms with E-state index in [0.717, 1.165) is 43.4 Å². The van der Waals surface area contributed by atoms with E-state index in [2.05, 4.69) is 38.4 Å². The summed E-state index contributed by atoms with van der Waals surface area (Å²) >= 11 is 0. The molecule has 2 rings (SSSR count). The molecule has 0 heterocycles. The number of carbonyl (C=O) groups excluding carboxylic acids is 4. The van der Waals surface area contributed by atoms with Crippen molar-refractivity contribution >= 4 is 29.9 Å². The SMILES string of the molecule is CC(CCCCC[C@H](NC(=O)OC(C)(C)C)C(=O)NCCCNCCOc1ccc(CCCCNC(=O)OCc2ccccc2)cc1)=NC(=O)OC(C)(C)C. The molecule has 306 valence electrons. The van der Waals surface area contributed by atoms with E-state index in [1.165, 1.54) is 5.56 Å². The van der Waals surface area contributed by atoms with E-state index in [9.17, 15) is 19.2 Å². The van der Waals surface area contributed by atoms with Crippen LogP contribution in [0.25, 0.3) is 0 Å². The standard InChI is InChI=1S/C42H65N5O8/c1-32(46-39(50)54-41(2,3)4)17-10-8-13-21-36(47-40(51)55-42(5,6)7)37(48)44-28-16-26-43-29-30-52-35-24-22-33(23-25-35)18-14-15-27-45-38(49)53-31-34-19-11-9-12-20-34/h9,11-12,19-20,22-25,36,43H,8,10,13-18,21,26-31H2,1-7H3,(H,44,48)(H,45,49)(H,47,51)/t36-/m0/s1. The van der Waals surface area contributed by atoms with Gasteiger partial charge in [-0.3, -0.25) is 4.79 Å². The normalized spacial score (nSPS) is 12.3. The third-order valence-corrected chi connectivity index (χ3v) is 7.89. The Labute approximate surface area is 328 Å². The summed E-state index contributed by atoms with van der Waals surface area (Å²) in [6.07, 6.45) is 5.17. The number of hydrogen-bond donors (Lipinski definition) is 4. The molecule has 1 atom stereocenters. The molecular weight excluding hydrogens is 702 g/mol. The molecule has 2 aromatic rings. The van der Waals surface area contributed by atoms with Crippen LogP contribution >= 0.6 is 0 Å². The summed E-state index contributed by atoms with van der Waals surface area (Å²) in [5.74, 6) is 0.546. The van der Waals surface area contributed by atoms with Crippen LogP contribution in [-0.4, -0.2) is 79.9 Å². The molecule has 4 N–H and O–H groups in total. The highest BCUT2D eigenvalue weighted by molar-refractivity contribution is 5.91. The van der Waals surface area contributed by atoms with E-state index in [1.807, 2.05) is 42.5 Å². The van der Waals surface area contributed by atoms with Crippen LogP contribution in [0, 0.1) is 0 Å². The third kappa shape index (κ3) is 24.4. The van der Waals surface area contributed by atoms with Crippen molar-refractivity contribution in [1.82, 2.24) is 21.3 Å². The molecule has 13 heteroatoms. The highest BCUT2D eigenvalue weighted by Crippen LogP contribution is 2.15. The lowest BCUT2D eigenvalue weighted by molar-refractivity contribution is -0.123. The van der Waals surface area contributed by atoms with Crippen LogP contribution in [0.3, 0.4) is 0 Å². The van der Waals surface area contributed by atoms with Crippen molar-refractivity contribution in [3.8, 4) is 5.75 Å². The van der Waals surface area contributed by atoms with E-state index in [1.54, 1.807) is 48.5 Å². The van der Waals surface area contributed by atoms with Gasteiger partial charge in [0.2, 0.25) is 5.91 Å². The number of nitrogens with one attached hydrogen (secondary N) is 4. The lowest BCUT2D eigenvalue weighted by Gasteiger charge is -2.23. The summed E-state index contributed by atoms with van der Waals surface area (Å²) in [6.45, 7) is 15.6. The Hall–Kier alpha value is -4.65. The molecule has 13 nitrogen and oxygen atoms in total. The molecule has 2 aromatic carbocycles. The Morgan fingerprint density at radius 3 is 2.07 bits per heavy atom. The minimum absolute atomic E-state index is 0.254. The zero-order chi connectivity index (χ0) is 40.5. The number of aryl methyl sites for hydroxylation is 1. The van der Waals surface area contributed by atoms with Crippen molar-refractivity contribution in [2.45, 2.75) is 130 Å². The summed E-state index contributed by atoms with van der Waals surface area (Å²) < 4.78 is 21.7. The van der Waals surface area contributed by atoms with Gasteiger partial charge < -0.3 is 40.2 Å². The van der Waals surface area contributed by atoms with Crippen LogP contribution in [0.5, 0.6) is 5.75 Å². The fourth-order valence-electron chi connectivity index (χ4n) is 5.21. The van der Waals surface area contributed by atoms with Gasteiger partial charge >= 0.3 is 18.3 Å². The van der Waals surface area contributed by atoms with Crippen molar-refractivity contribution < 1.29 is 38.1 Å². The highest BCUT2D eigenvalue weighted by atomic mass is 16.6. The summed E-state index contributed by atoms with van der Waals surface area (Å²) in [5, 5.41) is 11.8. The molecule has 4 amide bonds. The van der Waals surface area contributed by atoms with Crippen molar-refractivity contribution in [3.63, 3.8) is 0 Å². The number of ether oxygens (including phenoxy) is 4. The molecular formula is C42H65N5O8. The quantitative estimate of drug-likeness (QED) is 0.0505. The molecule has 0 aliphatic heterocycles. The lowest BCUT2D eigenvalue weighted by Crippen LogP contribution is -2.48. The molecule has 0 aliphatic rings. The zero-order valence-electron chi connectivity index (χ0n) is 34.1. The monoisotopic (exact) mass is 767 g/mol. The first-order valence-electron chi connectivity index (χ1n) is 19.5. The molecule has 0 fully saturated rings. The number of hydrogen-bond acceptors (Lipinski definition) is 9. The van der Waals surface area contributed by atoms with Crippen molar-refractivity contribution in [1.29, 1.82) is 0 Å². The number of benzene rings is 2. The van der Waals surface area contributed by atoms with Crippen LogP contribution in [0.4, 0.5) is 14.4 Å². The van der Waals surface area contributed by atoms with E-state index < -0.39 is 35.5 Å². The number of carbonyl (C=O) groups is 4. The first-order valence-corrected chi connectivity index (χ1v) is 19.5. The van der Waals surface area contributed by atoms with Crippen LogP contribution in [0.15, 0.2) is 59.6 Å². The average Bonchev–Trinajstić information content (AvgIpc) is 3.10. The Bertz CT molecular complexity index is 1450. The van der Waals surface area contributed by atoms with Gasteiger partial charge in [-0.25, -0.2) is 14.4 Å². The van der Waals surface area contributed by atoms with Gasteiger partial charge in [0.15, 0.2) is 0 Å². The Kier molecular flexibility index (Phi) is 21.5. The fourth-order valence-corrected chi connectivity index (χ4v) is 5.21. The summed E-state index contributed by atoms with van der Waals surface area (Å²) in [7, 11) is 0. The highest BCUT2D eigenvalue weighted by Gasteiger charge is 2.24. The molecule has 0 saturated heterocycles. The van der Waals surface area contributed by atoms with Gasteiger partial charge in [-0.2, -0.15) is 4.99 Å². The average molecular weight is 768 g/mol. The minimum Gasteiger partial charge on any atom is -0.492 e. The maximum Gasteiger partial charge on any atom is 0.434 e. The van der Waals surface area contributed by atoms with Crippen LogP contribution in [-0.2, 0) is 32.0 Å². The number of alkyl carbamates (subject to hydrolysis) is 2. The minimum atomic E-state index is -0.725. The van der Waals surface area contributed by atoms with Gasteiger partial charge in [-0.1, -0.05) is 55.3 Å². The second-order valence-electron chi connectivity index (χ2n) is 15.5. The van der Waals surface area contributed by atoms with Crippen molar-refractivity contribution in [2.24, 2.45) is 4.99 Å². The van der Waals surface area contributed by atoms with Gasteiger partial charge in [0.05, 0.1) is 0 Å². The summed E-state index contributed by atoms with van der Waals surface area (Å²) in [5.41, 5.74) is 1.58. The number of amides is 4. The zero-order valence-corrected chi connectivity index (χ0v) is 34.1. The van der Waals surface area contributed by atoms with E-state index in [-0.39, 0.29) is 12.5 Å². The number of unbranched alkanes of at least 4 members (excludes halogenated alkanes) is 3. The predicted octanol–water partition coefficient (Wildman–Crippen LogP) is 7.65. The van der Waals surface area contributed by atoms with Crippen LogP contribution in [0.2, 0.25) is 0 Å². The van der Waals surface area contributed by atoms with Gasteiger partial charge in [0.25, 0.3) is 0 Å². The predicted molar refractivity (Wildman–Crippen MR) is 216 cm³/mol. The molecule has 0 bridgehead atoms. The van der Waals surface area contributed by atoms with Crippen molar-refractivity contribution in [2.75, 3.05) is 32.8 Å². The Morgan fingerprint density at radius 1 is 0.691 bits per heavy atom. The van der Waals surface area contributed by atoms with Gasteiger partial charge in [0, 0.05) is 25.3 Å². The van der Waals surface area contributed by atoms with Crippen LogP contribution < -0.4 is 26.0 Å². The summed E-state index contributed by atoms with van der Waals surface area (Å²) in [6, 6.07) is 16.9. The van der Waals surface area contributed by atoms with E-state index in [4.69, 9.17) is 18.9 Å². The molecule has 0 radical (unpaired) electrons. The topological polar surface area (TPSA) is 166 Å². The maximum atomic E-state index is 13.0. The van der Waals surface area contributed by atoms with Crippen LogP contribution in [0.1, 0.15) is 111 Å². The number of nitrogens with zero attached hydrogens (tertiary/aromatic N) is 1. The van der Waals surface area contributed by atoms with Gasteiger partial charge in [-0.05, 0) is 123 Å². The van der Waals surface area contributed by atoms with E-state index in [0.29, 0.717) is 64.2 Å².